The SMILES string of the molecule is CC1CC(Oc2ccc([N+](=O)[O-])c(C(=O)O)c2)CC(C)O1. The molecule has 7 nitrogen and oxygen atoms in total. The number of rotatable bonds is 4. The summed E-state index contributed by atoms with van der Waals surface area (Å²) >= 11 is 0. The van der Waals surface area contributed by atoms with Gasteiger partial charge in [0, 0.05) is 25.0 Å². The molecule has 1 aromatic rings. The molecule has 0 aromatic heterocycles. The number of hydrogen-bond donors (Lipinski definition) is 1. The highest BCUT2D eigenvalue weighted by molar-refractivity contribution is 5.92. The van der Waals surface area contributed by atoms with Crippen molar-refractivity contribution in [3.05, 3.63) is 33.9 Å². The minimum atomic E-state index is -1.35. The summed E-state index contributed by atoms with van der Waals surface area (Å²) in [7, 11) is 0. The molecule has 1 aliphatic heterocycles. The highest BCUT2D eigenvalue weighted by Crippen LogP contribution is 2.28. The largest absolute Gasteiger partial charge is 0.490 e. The monoisotopic (exact) mass is 295 g/mol. The molecule has 2 rings (SSSR count). The average molecular weight is 295 g/mol. The quantitative estimate of drug-likeness (QED) is 0.677. The second-order valence-corrected chi connectivity index (χ2v) is 5.21. The van der Waals surface area contributed by atoms with Crippen LogP contribution in [-0.2, 0) is 4.74 Å². The number of carboxylic acid groups (broad SMARTS) is 1. The third-order valence-corrected chi connectivity index (χ3v) is 3.35. The van der Waals surface area contributed by atoms with Crippen molar-refractivity contribution >= 4 is 11.7 Å². The Morgan fingerprint density at radius 1 is 1.38 bits per heavy atom. The van der Waals surface area contributed by atoms with Crippen molar-refractivity contribution in [2.45, 2.75) is 45.0 Å². The Kier molecular flexibility index (Phi) is 4.42. The molecular formula is C14H17NO6. The van der Waals surface area contributed by atoms with Crippen LogP contribution in [0.5, 0.6) is 5.75 Å². The third kappa shape index (κ3) is 3.69. The standard InChI is InChI=1S/C14H17NO6/c1-8-5-11(6-9(2)20-8)21-10-3-4-13(15(18)19)12(7-10)14(16)17/h3-4,7-9,11H,5-6H2,1-2H3,(H,16,17). The molecular weight excluding hydrogens is 278 g/mol. The van der Waals surface area contributed by atoms with Gasteiger partial charge in [-0.3, -0.25) is 10.1 Å². The summed E-state index contributed by atoms with van der Waals surface area (Å²) in [5, 5.41) is 19.8. The van der Waals surface area contributed by atoms with Crippen LogP contribution < -0.4 is 4.74 Å². The minimum absolute atomic E-state index is 0.0655. The van der Waals surface area contributed by atoms with E-state index in [-0.39, 0.29) is 23.9 Å². The first-order chi connectivity index (χ1) is 9.86. The van der Waals surface area contributed by atoms with E-state index in [1.807, 2.05) is 13.8 Å². The highest BCUT2D eigenvalue weighted by Gasteiger charge is 2.27. The molecule has 1 aliphatic rings. The Balaban J connectivity index is 2.19. The number of nitro benzene ring substituents is 1. The summed E-state index contributed by atoms with van der Waals surface area (Å²) < 4.78 is 11.4. The molecule has 0 bridgehead atoms. The lowest BCUT2D eigenvalue weighted by atomic mass is 10.0. The zero-order valence-electron chi connectivity index (χ0n) is 11.8. The van der Waals surface area contributed by atoms with E-state index < -0.39 is 16.6 Å². The zero-order valence-corrected chi connectivity index (χ0v) is 11.8. The van der Waals surface area contributed by atoms with Gasteiger partial charge in [0.2, 0.25) is 0 Å². The molecule has 1 aromatic carbocycles. The molecule has 114 valence electrons. The van der Waals surface area contributed by atoms with Crippen molar-refractivity contribution in [2.75, 3.05) is 0 Å². The van der Waals surface area contributed by atoms with Crippen LogP contribution in [0.2, 0.25) is 0 Å². The molecule has 21 heavy (non-hydrogen) atoms. The van der Waals surface area contributed by atoms with E-state index in [1.54, 1.807) is 0 Å². The van der Waals surface area contributed by atoms with Crippen LogP contribution in [0.4, 0.5) is 5.69 Å². The molecule has 2 atom stereocenters. The fourth-order valence-corrected chi connectivity index (χ4v) is 2.55. The van der Waals surface area contributed by atoms with Gasteiger partial charge in [0.1, 0.15) is 17.4 Å². The molecule has 7 heteroatoms. The van der Waals surface area contributed by atoms with Crippen molar-refractivity contribution in [3.63, 3.8) is 0 Å². The summed E-state index contributed by atoms with van der Waals surface area (Å²) in [5.74, 6) is -1.02. The van der Waals surface area contributed by atoms with E-state index in [2.05, 4.69) is 0 Å². The molecule has 0 radical (unpaired) electrons. The first-order valence-corrected chi connectivity index (χ1v) is 6.70. The van der Waals surface area contributed by atoms with Gasteiger partial charge in [-0.1, -0.05) is 0 Å². The Hall–Kier alpha value is -2.15. The van der Waals surface area contributed by atoms with Gasteiger partial charge in [0.25, 0.3) is 5.69 Å². The predicted octanol–water partition coefficient (Wildman–Crippen LogP) is 2.63. The van der Waals surface area contributed by atoms with Crippen LogP contribution in [0.3, 0.4) is 0 Å². The maximum atomic E-state index is 11.1. The topological polar surface area (TPSA) is 98.9 Å². The molecule has 1 saturated heterocycles. The summed E-state index contributed by atoms with van der Waals surface area (Å²) in [5.41, 5.74) is -0.811. The molecule has 0 spiro atoms. The van der Waals surface area contributed by atoms with Gasteiger partial charge in [-0.15, -0.1) is 0 Å². The molecule has 1 fully saturated rings. The second kappa shape index (κ2) is 6.09. The molecule has 0 aliphatic carbocycles. The molecule has 2 unspecified atom stereocenters. The number of ether oxygens (including phenoxy) is 2. The summed E-state index contributed by atoms with van der Waals surface area (Å²) in [6.45, 7) is 3.90. The van der Waals surface area contributed by atoms with Gasteiger partial charge < -0.3 is 14.6 Å². The van der Waals surface area contributed by atoms with Crippen LogP contribution >= 0.6 is 0 Å². The van der Waals surface area contributed by atoms with Gasteiger partial charge in [0.15, 0.2) is 0 Å². The Morgan fingerprint density at radius 3 is 2.52 bits per heavy atom. The fraction of sp³-hybridized carbons (Fsp3) is 0.500. The minimum Gasteiger partial charge on any atom is -0.490 e. The zero-order chi connectivity index (χ0) is 15.6. The van der Waals surface area contributed by atoms with Crippen LogP contribution in [0.15, 0.2) is 18.2 Å². The summed E-state index contributed by atoms with van der Waals surface area (Å²) in [6.07, 6.45) is 1.44. The van der Waals surface area contributed by atoms with Gasteiger partial charge in [0.05, 0.1) is 17.1 Å². The maximum absolute atomic E-state index is 11.1. The first-order valence-electron chi connectivity index (χ1n) is 6.70. The van der Waals surface area contributed by atoms with E-state index >= 15 is 0 Å². The van der Waals surface area contributed by atoms with Crippen molar-refractivity contribution in [1.82, 2.24) is 0 Å². The predicted molar refractivity (Wildman–Crippen MR) is 73.7 cm³/mol. The summed E-state index contributed by atoms with van der Waals surface area (Å²) in [4.78, 5) is 21.2. The van der Waals surface area contributed by atoms with E-state index in [4.69, 9.17) is 14.6 Å². The van der Waals surface area contributed by atoms with E-state index in [0.717, 1.165) is 6.07 Å². The van der Waals surface area contributed by atoms with Crippen LogP contribution in [0.25, 0.3) is 0 Å². The Bertz CT molecular complexity index is 548. The average Bonchev–Trinajstić information content (AvgIpc) is 2.36. The molecule has 1 N–H and O–H groups in total. The third-order valence-electron chi connectivity index (χ3n) is 3.35. The highest BCUT2D eigenvalue weighted by atomic mass is 16.6. The van der Waals surface area contributed by atoms with Gasteiger partial charge in [-0.2, -0.15) is 0 Å². The van der Waals surface area contributed by atoms with Crippen LogP contribution in [0.1, 0.15) is 37.0 Å². The lowest BCUT2D eigenvalue weighted by Gasteiger charge is -2.32. The van der Waals surface area contributed by atoms with E-state index in [1.165, 1.54) is 12.1 Å². The van der Waals surface area contributed by atoms with Crippen molar-refractivity contribution in [1.29, 1.82) is 0 Å². The Morgan fingerprint density at radius 2 is 2.00 bits per heavy atom. The number of carboxylic acids is 1. The summed E-state index contributed by atoms with van der Waals surface area (Å²) in [6, 6.07) is 3.78. The van der Waals surface area contributed by atoms with Crippen LogP contribution in [0, 0.1) is 10.1 Å². The maximum Gasteiger partial charge on any atom is 0.342 e. The first kappa shape index (κ1) is 15.2. The second-order valence-electron chi connectivity index (χ2n) is 5.21. The molecule has 0 amide bonds. The Labute approximate surface area is 121 Å². The van der Waals surface area contributed by atoms with Crippen molar-refractivity contribution < 1.29 is 24.3 Å². The van der Waals surface area contributed by atoms with E-state index in [9.17, 15) is 14.9 Å². The van der Waals surface area contributed by atoms with Gasteiger partial charge in [-0.25, -0.2) is 4.79 Å². The normalized spacial score (nSPS) is 25.3. The van der Waals surface area contributed by atoms with Crippen molar-refractivity contribution in [2.24, 2.45) is 0 Å². The molecule has 1 heterocycles. The van der Waals surface area contributed by atoms with E-state index in [0.29, 0.717) is 18.6 Å². The number of hydrogen-bond acceptors (Lipinski definition) is 5. The number of aromatic carboxylic acids is 1. The fourth-order valence-electron chi connectivity index (χ4n) is 2.55. The number of carbonyl (C=O) groups is 1. The number of benzene rings is 1. The molecule has 0 saturated carbocycles. The van der Waals surface area contributed by atoms with Gasteiger partial charge in [-0.05, 0) is 19.9 Å². The smallest absolute Gasteiger partial charge is 0.342 e. The van der Waals surface area contributed by atoms with Gasteiger partial charge >= 0.3 is 5.97 Å². The van der Waals surface area contributed by atoms with Crippen molar-refractivity contribution in [3.8, 4) is 5.75 Å². The lowest BCUT2D eigenvalue weighted by molar-refractivity contribution is -0.385. The number of nitrogens with zero attached hydrogens (tertiary/aromatic N) is 1. The number of nitro groups is 1. The lowest BCUT2D eigenvalue weighted by Crippen LogP contribution is -2.35. The van der Waals surface area contributed by atoms with Crippen LogP contribution in [-0.4, -0.2) is 34.3 Å².